The average Bonchev–Trinajstić information content (AvgIpc) is 3.33. The third-order valence-corrected chi connectivity index (χ3v) is 9.95. The van der Waals surface area contributed by atoms with E-state index in [1.807, 2.05) is 25.1 Å². The van der Waals surface area contributed by atoms with Gasteiger partial charge in [0.15, 0.2) is 0 Å². The van der Waals surface area contributed by atoms with Gasteiger partial charge in [-0.05, 0) is 48.2 Å². The Morgan fingerprint density at radius 2 is 1.73 bits per heavy atom. The molecule has 0 unspecified atom stereocenters. The quantitative estimate of drug-likeness (QED) is 0.324. The Kier molecular flexibility index (Phi) is 9.92. The van der Waals surface area contributed by atoms with E-state index in [2.05, 4.69) is 33.0 Å². The van der Waals surface area contributed by atoms with Crippen LogP contribution in [0.1, 0.15) is 56.5 Å². The highest BCUT2D eigenvalue weighted by Gasteiger charge is 2.30. The zero-order chi connectivity index (χ0) is 29.6. The maximum Gasteiger partial charge on any atom is 0.321 e. The maximum atomic E-state index is 13.2. The van der Waals surface area contributed by atoms with Gasteiger partial charge in [0.1, 0.15) is 5.00 Å². The van der Waals surface area contributed by atoms with Crippen molar-refractivity contribution in [3.05, 3.63) is 81.7 Å². The molecule has 1 aliphatic rings. The summed E-state index contributed by atoms with van der Waals surface area (Å²) in [5, 5.41) is 7.88. The molecule has 0 fully saturated rings. The normalized spacial score (nSPS) is 13.5. The zero-order valence-electron chi connectivity index (χ0n) is 23.4. The molecule has 4 rings (SSSR count). The molecule has 1 aromatic heterocycles. The first-order valence-electron chi connectivity index (χ1n) is 13.5. The smallest absolute Gasteiger partial charge is 0.321 e. The molecule has 2 heterocycles. The number of benzene rings is 2. The third-order valence-electron chi connectivity index (χ3n) is 6.94. The van der Waals surface area contributed by atoms with E-state index in [0.29, 0.717) is 24.5 Å². The summed E-state index contributed by atoms with van der Waals surface area (Å²) >= 11 is 1.31. The minimum Gasteiger partial charge on any atom is -0.341 e. The number of thiophene rings is 1. The fourth-order valence-corrected chi connectivity index (χ4v) is 7.12. The highest BCUT2D eigenvalue weighted by molar-refractivity contribution is 7.89. The SMILES string of the molecule is CCCCN(C)S(=O)(=O)c1ccc(C(=O)Nc2sc3c(c2C(=O)NC(=O)NC)CCN(Cc2ccccc2)C3)cc1. The highest BCUT2D eigenvalue weighted by Crippen LogP contribution is 2.38. The number of carbonyl (C=O) groups excluding carboxylic acids is 3. The number of anilines is 1. The van der Waals surface area contributed by atoms with E-state index in [1.54, 1.807) is 0 Å². The minimum absolute atomic E-state index is 0.100. The van der Waals surface area contributed by atoms with Crippen molar-refractivity contribution in [2.45, 2.75) is 44.2 Å². The van der Waals surface area contributed by atoms with E-state index in [4.69, 9.17) is 0 Å². The Labute approximate surface area is 244 Å². The molecule has 1 aliphatic heterocycles. The van der Waals surface area contributed by atoms with Gasteiger partial charge in [0.2, 0.25) is 10.0 Å². The van der Waals surface area contributed by atoms with Crippen LogP contribution in [0.4, 0.5) is 9.80 Å². The minimum atomic E-state index is -3.67. The summed E-state index contributed by atoms with van der Waals surface area (Å²) in [6, 6.07) is 15.2. The molecule has 41 heavy (non-hydrogen) atoms. The number of sulfonamides is 1. The molecule has 218 valence electrons. The number of rotatable bonds is 10. The fourth-order valence-electron chi connectivity index (χ4n) is 4.62. The van der Waals surface area contributed by atoms with Crippen molar-refractivity contribution in [2.75, 3.05) is 32.5 Å². The van der Waals surface area contributed by atoms with Crippen LogP contribution in [0, 0.1) is 0 Å². The van der Waals surface area contributed by atoms with Crippen LogP contribution in [-0.2, 0) is 29.5 Å². The predicted molar refractivity (Wildman–Crippen MR) is 160 cm³/mol. The number of imide groups is 1. The van der Waals surface area contributed by atoms with Crippen LogP contribution in [0.5, 0.6) is 0 Å². The van der Waals surface area contributed by atoms with Crippen molar-refractivity contribution in [1.82, 2.24) is 19.8 Å². The lowest BCUT2D eigenvalue weighted by Crippen LogP contribution is -2.38. The van der Waals surface area contributed by atoms with Crippen molar-refractivity contribution in [1.29, 1.82) is 0 Å². The average molecular weight is 598 g/mol. The molecule has 0 saturated heterocycles. The van der Waals surface area contributed by atoms with Crippen LogP contribution < -0.4 is 16.0 Å². The molecule has 12 heteroatoms. The Bertz CT molecular complexity index is 1500. The lowest BCUT2D eigenvalue weighted by molar-refractivity contribution is 0.0964. The second-order valence-corrected chi connectivity index (χ2v) is 13.0. The predicted octanol–water partition coefficient (Wildman–Crippen LogP) is 4.05. The molecule has 0 aliphatic carbocycles. The zero-order valence-corrected chi connectivity index (χ0v) is 25.0. The summed E-state index contributed by atoms with van der Waals surface area (Å²) < 4.78 is 27.0. The number of hydrogen-bond acceptors (Lipinski definition) is 7. The molecule has 0 spiro atoms. The van der Waals surface area contributed by atoms with Gasteiger partial charge in [-0.2, -0.15) is 0 Å². The summed E-state index contributed by atoms with van der Waals surface area (Å²) in [5.41, 5.74) is 2.51. The number of nitrogens with zero attached hydrogens (tertiary/aromatic N) is 2. The van der Waals surface area contributed by atoms with Gasteiger partial charge in [0.25, 0.3) is 11.8 Å². The van der Waals surface area contributed by atoms with Gasteiger partial charge >= 0.3 is 6.03 Å². The molecule has 0 saturated carbocycles. The van der Waals surface area contributed by atoms with Crippen LogP contribution in [0.3, 0.4) is 0 Å². The molecule has 3 aromatic rings. The number of nitrogens with one attached hydrogen (secondary N) is 3. The molecule has 4 amide bonds. The maximum absolute atomic E-state index is 13.2. The second-order valence-electron chi connectivity index (χ2n) is 9.85. The lowest BCUT2D eigenvalue weighted by atomic mass is 10.0. The number of amides is 4. The fraction of sp³-hybridized carbons (Fsp3) is 0.345. The van der Waals surface area contributed by atoms with Crippen molar-refractivity contribution < 1.29 is 22.8 Å². The van der Waals surface area contributed by atoms with E-state index in [1.165, 1.54) is 59.6 Å². The van der Waals surface area contributed by atoms with Crippen LogP contribution in [-0.4, -0.2) is 62.7 Å². The van der Waals surface area contributed by atoms with Gasteiger partial charge < -0.3 is 10.6 Å². The topological polar surface area (TPSA) is 128 Å². The number of fused-ring (bicyclic) bond motifs is 1. The summed E-state index contributed by atoms with van der Waals surface area (Å²) in [6.07, 6.45) is 2.21. The first-order valence-corrected chi connectivity index (χ1v) is 15.7. The van der Waals surface area contributed by atoms with Crippen LogP contribution in [0.15, 0.2) is 59.5 Å². The van der Waals surface area contributed by atoms with Crippen molar-refractivity contribution in [2.24, 2.45) is 0 Å². The first kappa shape index (κ1) is 30.4. The molecule has 10 nitrogen and oxygen atoms in total. The van der Waals surface area contributed by atoms with Crippen LogP contribution in [0.25, 0.3) is 0 Å². The van der Waals surface area contributed by atoms with E-state index in [0.717, 1.165) is 36.4 Å². The number of hydrogen-bond donors (Lipinski definition) is 3. The molecule has 0 bridgehead atoms. The van der Waals surface area contributed by atoms with Crippen molar-refractivity contribution in [3.63, 3.8) is 0 Å². The van der Waals surface area contributed by atoms with Gasteiger partial charge in [-0.25, -0.2) is 17.5 Å². The van der Waals surface area contributed by atoms with E-state index < -0.39 is 27.9 Å². The Balaban J connectivity index is 1.56. The molecule has 0 radical (unpaired) electrons. The summed E-state index contributed by atoms with van der Waals surface area (Å²) in [7, 11) is -0.710. The molecule has 2 aromatic carbocycles. The molecular formula is C29H35N5O5S2. The Morgan fingerprint density at radius 1 is 1.02 bits per heavy atom. The number of urea groups is 1. The van der Waals surface area contributed by atoms with Gasteiger partial charge in [-0.3, -0.25) is 19.8 Å². The van der Waals surface area contributed by atoms with Crippen molar-refractivity contribution >= 4 is 44.2 Å². The monoisotopic (exact) mass is 597 g/mol. The number of carbonyl (C=O) groups is 3. The first-order chi connectivity index (χ1) is 19.6. The van der Waals surface area contributed by atoms with E-state index in [-0.39, 0.29) is 16.0 Å². The summed E-state index contributed by atoms with van der Waals surface area (Å²) in [6.45, 7) is 4.47. The number of unbranched alkanes of at least 4 members (excludes halogenated alkanes) is 1. The molecule has 0 atom stereocenters. The van der Waals surface area contributed by atoms with Crippen molar-refractivity contribution in [3.8, 4) is 0 Å². The van der Waals surface area contributed by atoms with Gasteiger partial charge in [-0.15, -0.1) is 11.3 Å². The molecule has 3 N–H and O–H groups in total. The van der Waals surface area contributed by atoms with Gasteiger partial charge in [-0.1, -0.05) is 43.7 Å². The summed E-state index contributed by atoms with van der Waals surface area (Å²) in [4.78, 5) is 41.6. The van der Waals surface area contributed by atoms with E-state index >= 15 is 0 Å². The lowest BCUT2D eigenvalue weighted by Gasteiger charge is -2.27. The molecular weight excluding hydrogens is 562 g/mol. The Morgan fingerprint density at radius 3 is 2.39 bits per heavy atom. The van der Waals surface area contributed by atoms with Gasteiger partial charge in [0, 0.05) is 50.7 Å². The van der Waals surface area contributed by atoms with Crippen LogP contribution >= 0.6 is 11.3 Å². The van der Waals surface area contributed by atoms with E-state index in [9.17, 15) is 22.8 Å². The second kappa shape index (κ2) is 13.4. The van der Waals surface area contributed by atoms with Crippen LogP contribution in [0.2, 0.25) is 0 Å². The Hall–Kier alpha value is -3.58. The highest BCUT2D eigenvalue weighted by atomic mass is 32.2. The standard InChI is InChI=1S/C29H35N5O5S2/c1-4-5-16-33(3)41(38,39)22-13-11-21(12-14-22)26(35)31-28-25(27(36)32-29(37)30-2)23-15-17-34(19-24(23)40-28)18-20-9-7-6-8-10-20/h6-14H,4-5,15-19H2,1-3H3,(H,31,35)(H2,30,32,36,37). The van der Waals surface area contributed by atoms with Gasteiger partial charge in [0.05, 0.1) is 10.5 Å². The largest absolute Gasteiger partial charge is 0.341 e. The summed E-state index contributed by atoms with van der Waals surface area (Å²) in [5.74, 6) is -1.08. The third kappa shape index (κ3) is 7.20.